The lowest BCUT2D eigenvalue weighted by atomic mass is 10.1. The van der Waals surface area contributed by atoms with Gasteiger partial charge in [-0.2, -0.15) is 0 Å². The fraction of sp³-hybridized carbons (Fsp3) is 0.300. The van der Waals surface area contributed by atoms with Gasteiger partial charge in [0.25, 0.3) is 5.91 Å². The number of nitrogens with zero attached hydrogens (tertiary/aromatic N) is 2. The van der Waals surface area contributed by atoms with Crippen molar-refractivity contribution in [2.24, 2.45) is 0 Å². The Morgan fingerprint density at radius 2 is 2.08 bits per heavy atom. The summed E-state index contributed by atoms with van der Waals surface area (Å²) in [5.41, 5.74) is 9.62. The van der Waals surface area contributed by atoms with Crippen molar-refractivity contribution in [2.75, 3.05) is 25.4 Å². The molecule has 0 radical (unpaired) electrons. The number of aryl methyl sites for hydroxylation is 2. The first-order chi connectivity index (χ1) is 12.5. The Hall–Kier alpha value is -2.86. The Morgan fingerprint density at radius 1 is 1.23 bits per heavy atom. The predicted molar refractivity (Wildman–Crippen MR) is 98.9 cm³/mol. The first-order valence-corrected chi connectivity index (χ1v) is 8.65. The third kappa shape index (κ3) is 3.15. The van der Waals surface area contributed by atoms with Crippen molar-refractivity contribution in [3.63, 3.8) is 0 Å². The summed E-state index contributed by atoms with van der Waals surface area (Å²) in [4.78, 5) is 19.3. The molecular weight excluding hydrogens is 330 g/mol. The first-order valence-electron chi connectivity index (χ1n) is 8.65. The van der Waals surface area contributed by atoms with Gasteiger partial charge >= 0.3 is 0 Å². The third-order valence-electron chi connectivity index (χ3n) is 4.57. The van der Waals surface area contributed by atoms with E-state index in [1.54, 1.807) is 6.07 Å². The second kappa shape index (κ2) is 6.46. The lowest BCUT2D eigenvalue weighted by Gasteiger charge is -2.33. The van der Waals surface area contributed by atoms with Crippen molar-refractivity contribution < 1.29 is 13.9 Å². The van der Waals surface area contributed by atoms with Crippen molar-refractivity contribution in [1.29, 1.82) is 0 Å². The number of carbonyl (C=O) groups excluding carboxylic acids is 1. The van der Waals surface area contributed by atoms with Crippen molar-refractivity contribution in [1.82, 2.24) is 9.88 Å². The van der Waals surface area contributed by atoms with E-state index in [4.69, 9.17) is 14.9 Å². The van der Waals surface area contributed by atoms with Gasteiger partial charge in [0.15, 0.2) is 0 Å². The summed E-state index contributed by atoms with van der Waals surface area (Å²) in [7, 11) is 0. The molecule has 4 rings (SSSR count). The molecular formula is C20H21N3O3. The summed E-state index contributed by atoms with van der Waals surface area (Å²) >= 11 is 0. The van der Waals surface area contributed by atoms with Crippen molar-refractivity contribution in [3.8, 4) is 0 Å². The molecule has 1 aromatic carbocycles. The van der Waals surface area contributed by atoms with Crippen LogP contribution in [0.1, 0.15) is 33.6 Å². The van der Waals surface area contributed by atoms with E-state index < -0.39 is 0 Å². The molecule has 0 bridgehead atoms. The number of anilines is 1. The maximum atomic E-state index is 13.0. The molecule has 0 saturated carbocycles. The number of nitrogen functional groups attached to an aromatic ring is 1. The monoisotopic (exact) mass is 351 g/mol. The number of benzene rings is 1. The number of amides is 1. The van der Waals surface area contributed by atoms with Crippen LogP contribution in [0.5, 0.6) is 0 Å². The van der Waals surface area contributed by atoms with Crippen LogP contribution < -0.4 is 5.73 Å². The summed E-state index contributed by atoms with van der Waals surface area (Å²) in [5.74, 6) is 0.818. The number of fused-ring (bicyclic) bond motifs is 1. The van der Waals surface area contributed by atoms with E-state index in [0.29, 0.717) is 30.9 Å². The highest BCUT2D eigenvalue weighted by atomic mass is 16.5. The Kier molecular flexibility index (Phi) is 4.12. The van der Waals surface area contributed by atoms with Gasteiger partial charge in [0.2, 0.25) is 0 Å². The van der Waals surface area contributed by atoms with E-state index >= 15 is 0 Å². The number of morpholine rings is 1. The number of nitrogens with two attached hydrogens (primary N) is 1. The van der Waals surface area contributed by atoms with Gasteiger partial charge in [0.05, 0.1) is 18.8 Å². The molecule has 1 unspecified atom stereocenters. The van der Waals surface area contributed by atoms with Gasteiger partial charge in [-0.15, -0.1) is 0 Å². The number of pyridine rings is 1. The van der Waals surface area contributed by atoms with Gasteiger partial charge in [0, 0.05) is 28.9 Å². The Morgan fingerprint density at radius 3 is 2.88 bits per heavy atom. The van der Waals surface area contributed by atoms with Gasteiger partial charge in [0.1, 0.15) is 17.4 Å². The van der Waals surface area contributed by atoms with E-state index in [-0.39, 0.29) is 12.0 Å². The Bertz CT molecular complexity index is 959. The number of ether oxygens (including phenoxy) is 1. The number of rotatable bonds is 2. The standard InChI is InChI=1S/C20H21N3O3/c1-12-7-16(21)10-17(22-12)19-11-23(5-6-25-19)20(24)14-3-4-18-15(9-14)8-13(2)26-18/h3-4,7-10,19H,5-6,11H2,1-2H3,(H2,21,22). The van der Waals surface area contributed by atoms with E-state index in [2.05, 4.69) is 4.98 Å². The Labute approximate surface area is 151 Å². The van der Waals surface area contributed by atoms with Crippen LogP contribution >= 0.6 is 0 Å². The fourth-order valence-electron chi connectivity index (χ4n) is 3.39. The second-order valence-electron chi connectivity index (χ2n) is 6.69. The minimum atomic E-state index is -0.269. The molecule has 1 fully saturated rings. The highest BCUT2D eigenvalue weighted by Crippen LogP contribution is 2.25. The van der Waals surface area contributed by atoms with E-state index in [0.717, 1.165) is 28.1 Å². The van der Waals surface area contributed by atoms with Gasteiger partial charge in [-0.05, 0) is 50.2 Å². The highest BCUT2D eigenvalue weighted by molar-refractivity contribution is 5.98. The number of carbonyl (C=O) groups is 1. The van der Waals surface area contributed by atoms with Crippen molar-refractivity contribution >= 4 is 22.6 Å². The molecule has 2 N–H and O–H groups in total. The molecule has 0 aliphatic carbocycles. The predicted octanol–water partition coefficient (Wildman–Crippen LogP) is 3.24. The first kappa shape index (κ1) is 16.6. The lowest BCUT2D eigenvalue weighted by molar-refractivity contribution is -0.0247. The number of hydrogen-bond acceptors (Lipinski definition) is 5. The van der Waals surface area contributed by atoms with Crippen molar-refractivity contribution in [2.45, 2.75) is 20.0 Å². The molecule has 3 aromatic rings. The molecule has 1 saturated heterocycles. The molecule has 1 atom stereocenters. The van der Waals surface area contributed by atoms with E-state index in [9.17, 15) is 4.79 Å². The summed E-state index contributed by atoms with van der Waals surface area (Å²) in [5, 5.41) is 0.936. The van der Waals surface area contributed by atoms with Crippen LogP contribution in [0.15, 0.2) is 40.8 Å². The zero-order chi connectivity index (χ0) is 18.3. The normalized spacial score (nSPS) is 17.6. The number of aromatic nitrogens is 1. The SMILES string of the molecule is Cc1cc(N)cc(C2CN(C(=O)c3ccc4oc(C)cc4c3)CCO2)n1. The van der Waals surface area contributed by atoms with Gasteiger partial charge < -0.3 is 19.8 Å². The molecule has 1 aliphatic heterocycles. The minimum Gasteiger partial charge on any atom is -0.461 e. The second-order valence-corrected chi connectivity index (χ2v) is 6.69. The smallest absolute Gasteiger partial charge is 0.254 e. The van der Waals surface area contributed by atoms with Crippen LogP contribution in [0, 0.1) is 13.8 Å². The molecule has 1 amide bonds. The fourth-order valence-corrected chi connectivity index (χ4v) is 3.39. The van der Waals surface area contributed by atoms with Crippen LogP contribution in [0.2, 0.25) is 0 Å². The van der Waals surface area contributed by atoms with Crippen LogP contribution in [-0.2, 0) is 4.74 Å². The maximum Gasteiger partial charge on any atom is 0.254 e. The molecule has 6 nitrogen and oxygen atoms in total. The summed E-state index contributed by atoms with van der Waals surface area (Å²) < 4.78 is 11.4. The molecule has 3 heterocycles. The van der Waals surface area contributed by atoms with E-state index in [1.807, 2.05) is 49.1 Å². The molecule has 134 valence electrons. The Balaban J connectivity index is 1.57. The molecule has 6 heteroatoms. The third-order valence-corrected chi connectivity index (χ3v) is 4.57. The quantitative estimate of drug-likeness (QED) is 0.766. The largest absolute Gasteiger partial charge is 0.461 e. The molecule has 0 spiro atoms. The molecule has 26 heavy (non-hydrogen) atoms. The topological polar surface area (TPSA) is 81.6 Å². The summed E-state index contributed by atoms with van der Waals surface area (Å²) in [6, 6.07) is 11.1. The van der Waals surface area contributed by atoms with Crippen LogP contribution in [-0.4, -0.2) is 35.5 Å². The minimum absolute atomic E-state index is 0.0142. The molecule has 1 aliphatic rings. The zero-order valence-corrected chi connectivity index (χ0v) is 14.9. The van der Waals surface area contributed by atoms with Crippen LogP contribution in [0.25, 0.3) is 11.0 Å². The maximum absolute atomic E-state index is 13.0. The summed E-state index contributed by atoms with van der Waals surface area (Å²) in [6.07, 6.45) is -0.269. The highest BCUT2D eigenvalue weighted by Gasteiger charge is 2.27. The van der Waals surface area contributed by atoms with E-state index in [1.165, 1.54) is 0 Å². The van der Waals surface area contributed by atoms with Gasteiger partial charge in [-0.25, -0.2) is 0 Å². The van der Waals surface area contributed by atoms with Gasteiger partial charge in [-0.1, -0.05) is 0 Å². The van der Waals surface area contributed by atoms with Crippen LogP contribution in [0.3, 0.4) is 0 Å². The van der Waals surface area contributed by atoms with Gasteiger partial charge in [-0.3, -0.25) is 9.78 Å². The van der Waals surface area contributed by atoms with Crippen LogP contribution in [0.4, 0.5) is 5.69 Å². The average molecular weight is 351 g/mol. The zero-order valence-electron chi connectivity index (χ0n) is 14.9. The molecule has 2 aromatic heterocycles. The lowest BCUT2D eigenvalue weighted by Crippen LogP contribution is -2.42. The number of furan rings is 1. The summed E-state index contributed by atoms with van der Waals surface area (Å²) in [6.45, 7) is 5.28. The van der Waals surface area contributed by atoms with Crippen molar-refractivity contribution in [3.05, 3.63) is 59.1 Å². The number of hydrogen-bond donors (Lipinski definition) is 1. The average Bonchev–Trinajstić information content (AvgIpc) is 2.99.